The van der Waals surface area contributed by atoms with Gasteiger partial charge in [-0.05, 0) is 129 Å². The first kappa shape index (κ1) is 45.7. The lowest BCUT2D eigenvalue weighted by Crippen LogP contribution is -2.13. The van der Waals surface area contributed by atoms with Crippen LogP contribution in [0.3, 0.4) is 0 Å². The fourth-order valence-corrected chi connectivity index (χ4v) is 6.30. The van der Waals surface area contributed by atoms with Gasteiger partial charge >= 0.3 is 23.9 Å². The van der Waals surface area contributed by atoms with Crippen molar-refractivity contribution >= 4 is 23.9 Å². The standard InChI is InChI=1S/C51H56O10/c1-4-6-8-10-12-14-35-56-42-27-31-44(32-28-42)58-48(52)38-19-23-40(24-20-38)50(54)60-46-17-16-18-47(37(46)3)61-51(55)41-25-21-39(22-26-41)49(53)59-45-33-29-43(30-34-45)57-36-15-13-11-9-7-5-2/h16-34H,4-15,35-36H2,1-3H3. The molecule has 0 radical (unpaired) electrons. The molecule has 0 heterocycles. The molecule has 0 aliphatic carbocycles. The second kappa shape index (κ2) is 24.6. The van der Waals surface area contributed by atoms with Crippen LogP contribution in [-0.4, -0.2) is 37.1 Å². The summed E-state index contributed by atoms with van der Waals surface area (Å²) < 4.78 is 33.9. The molecular weight excluding hydrogens is 773 g/mol. The second-order valence-electron chi connectivity index (χ2n) is 14.8. The molecule has 0 aliphatic heterocycles. The zero-order valence-electron chi connectivity index (χ0n) is 35.5. The molecule has 0 bridgehead atoms. The van der Waals surface area contributed by atoms with Crippen LogP contribution in [-0.2, 0) is 0 Å². The van der Waals surface area contributed by atoms with Gasteiger partial charge in [-0.15, -0.1) is 0 Å². The van der Waals surface area contributed by atoms with Crippen LogP contribution in [0.2, 0.25) is 0 Å². The largest absolute Gasteiger partial charge is 0.494 e. The van der Waals surface area contributed by atoms with E-state index in [2.05, 4.69) is 13.8 Å². The molecule has 0 saturated heterocycles. The van der Waals surface area contributed by atoms with E-state index in [-0.39, 0.29) is 33.8 Å². The summed E-state index contributed by atoms with van der Waals surface area (Å²) in [6, 6.07) is 30.4. The number of ether oxygens (including phenoxy) is 6. The highest BCUT2D eigenvalue weighted by atomic mass is 16.6. The molecule has 10 heteroatoms. The third kappa shape index (κ3) is 15.0. The van der Waals surface area contributed by atoms with Gasteiger partial charge in [0.05, 0.1) is 35.5 Å². The molecule has 0 N–H and O–H groups in total. The van der Waals surface area contributed by atoms with E-state index in [9.17, 15) is 19.2 Å². The van der Waals surface area contributed by atoms with Gasteiger partial charge in [0.25, 0.3) is 0 Å². The number of carbonyl (C=O) groups is 4. The molecule has 0 amide bonds. The maximum Gasteiger partial charge on any atom is 0.343 e. The highest BCUT2D eigenvalue weighted by Gasteiger charge is 2.18. The van der Waals surface area contributed by atoms with Crippen molar-refractivity contribution in [1.82, 2.24) is 0 Å². The van der Waals surface area contributed by atoms with Gasteiger partial charge in [0.15, 0.2) is 0 Å². The van der Waals surface area contributed by atoms with Gasteiger partial charge in [0, 0.05) is 5.56 Å². The van der Waals surface area contributed by atoms with Crippen LogP contribution >= 0.6 is 0 Å². The van der Waals surface area contributed by atoms with Crippen molar-refractivity contribution in [3.8, 4) is 34.5 Å². The zero-order valence-corrected chi connectivity index (χ0v) is 35.5. The monoisotopic (exact) mass is 828 g/mol. The molecule has 0 atom stereocenters. The predicted octanol–water partition coefficient (Wildman–Crippen LogP) is 12.4. The lowest BCUT2D eigenvalue weighted by molar-refractivity contribution is 0.0712. The number of rotatable bonds is 24. The minimum absolute atomic E-state index is 0.189. The third-order valence-electron chi connectivity index (χ3n) is 9.95. The third-order valence-corrected chi connectivity index (χ3v) is 9.95. The summed E-state index contributed by atoms with van der Waals surface area (Å²) >= 11 is 0. The van der Waals surface area contributed by atoms with E-state index < -0.39 is 23.9 Å². The van der Waals surface area contributed by atoms with Crippen LogP contribution < -0.4 is 28.4 Å². The van der Waals surface area contributed by atoms with E-state index in [0.717, 1.165) is 25.7 Å². The van der Waals surface area contributed by atoms with Crippen LogP contribution in [0.5, 0.6) is 34.5 Å². The molecule has 320 valence electrons. The van der Waals surface area contributed by atoms with Gasteiger partial charge in [-0.2, -0.15) is 0 Å². The maximum absolute atomic E-state index is 13.1. The fourth-order valence-electron chi connectivity index (χ4n) is 6.30. The first-order valence-corrected chi connectivity index (χ1v) is 21.4. The van der Waals surface area contributed by atoms with Gasteiger partial charge < -0.3 is 28.4 Å². The number of unbranched alkanes of at least 4 members (excludes halogenated alkanes) is 10. The second-order valence-corrected chi connectivity index (χ2v) is 14.8. The number of hydrogen-bond acceptors (Lipinski definition) is 10. The summed E-state index contributed by atoms with van der Waals surface area (Å²) in [5.41, 5.74) is 1.33. The minimum atomic E-state index is -0.668. The molecule has 10 nitrogen and oxygen atoms in total. The Balaban J connectivity index is 1.06. The first-order valence-electron chi connectivity index (χ1n) is 21.4. The number of hydrogen-bond donors (Lipinski definition) is 0. The molecule has 0 aliphatic rings. The Bertz CT molecular complexity index is 1990. The van der Waals surface area contributed by atoms with Crippen LogP contribution in [0.4, 0.5) is 0 Å². The molecule has 5 aromatic carbocycles. The zero-order chi connectivity index (χ0) is 43.2. The minimum Gasteiger partial charge on any atom is -0.494 e. The van der Waals surface area contributed by atoms with E-state index in [0.29, 0.717) is 41.8 Å². The maximum atomic E-state index is 13.1. The normalized spacial score (nSPS) is 10.7. The Labute approximate surface area is 359 Å². The molecule has 0 fully saturated rings. The topological polar surface area (TPSA) is 124 Å². The molecule has 0 aromatic heterocycles. The van der Waals surface area contributed by atoms with Crippen LogP contribution in [0, 0.1) is 6.92 Å². The van der Waals surface area contributed by atoms with E-state index in [1.54, 1.807) is 73.7 Å². The van der Waals surface area contributed by atoms with Crippen LogP contribution in [0.25, 0.3) is 0 Å². The van der Waals surface area contributed by atoms with E-state index in [1.165, 1.54) is 99.9 Å². The summed E-state index contributed by atoms with van der Waals surface area (Å²) in [5, 5.41) is 0. The van der Waals surface area contributed by atoms with Gasteiger partial charge in [0.1, 0.15) is 34.5 Å². The van der Waals surface area contributed by atoms with Crippen molar-refractivity contribution in [2.45, 2.75) is 97.8 Å². The Morgan fingerprint density at radius 1 is 0.361 bits per heavy atom. The van der Waals surface area contributed by atoms with Crippen molar-refractivity contribution in [3.05, 3.63) is 143 Å². The smallest absolute Gasteiger partial charge is 0.343 e. The van der Waals surface area contributed by atoms with E-state index in [4.69, 9.17) is 28.4 Å². The predicted molar refractivity (Wildman–Crippen MR) is 235 cm³/mol. The summed E-state index contributed by atoms with van der Waals surface area (Å²) in [4.78, 5) is 51.8. The number of benzene rings is 5. The summed E-state index contributed by atoms with van der Waals surface area (Å²) in [6.07, 6.45) is 14.2. The Morgan fingerprint density at radius 3 is 1.00 bits per heavy atom. The van der Waals surface area contributed by atoms with Gasteiger partial charge in [-0.1, -0.05) is 84.1 Å². The summed E-state index contributed by atoms with van der Waals surface area (Å²) in [5.74, 6) is 0.0510. The average molecular weight is 829 g/mol. The Hall–Kier alpha value is -6.42. The van der Waals surface area contributed by atoms with Crippen LogP contribution in [0.1, 0.15) is 138 Å². The quantitative estimate of drug-likeness (QED) is 0.0337. The van der Waals surface area contributed by atoms with Crippen molar-refractivity contribution in [3.63, 3.8) is 0 Å². The fraction of sp³-hybridized carbons (Fsp3) is 0.333. The lowest BCUT2D eigenvalue weighted by atomic mass is 10.1. The van der Waals surface area contributed by atoms with Crippen molar-refractivity contribution in [1.29, 1.82) is 0 Å². The lowest BCUT2D eigenvalue weighted by Gasteiger charge is -2.12. The molecule has 0 unspecified atom stereocenters. The van der Waals surface area contributed by atoms with Crippen molar-refractivity contribution in [2.75, 3.05) is 13.2 Å². The summed E-state index contributed by atoms with van der Waals surface area (Å²) in [6.45, 7) is 7.35. The van der Waals surface area contributed by atoms with Crippen molar-refractivity contribution in [2.24, 2.45) is 0 Å². The molecule has 61 heavy (non-hydrogen) atoms. The van der Waals surface area contributed by atoms with Crippen LogP contribution in [0.15, 0.2) is 115 Å². The van der Waals surface area contributed by atoms with Gasteiger partial charge in [-0.3, -0.25) is 0 Å². The Kier molecular flexibility index (Phi) is 18.4. The number of carbonyl (C=O) groups excluding carboxylic acids is 4. The molecule has 5 rings (SSSR count). The first-order chi connectivity index (χ1) is 29.7. The number of esters is 4. The van der Waals surface area contributed by atoms with Gasteiger partial charge in [-0.25, -0.2) is 19.2 Å². The van der Waals surface area contributed by atoms with E-state index >= 15 is 0 Å². The van der Waals surface area contributed by atoms with Gasteiger partial charge in [0.2, 0.25) is 0 Å². The molecular formula is C51H56O10. The van der Waals surface area contributed by atoms with E-state index in [1.807, 2.05) is 0 Å². The highest BCUT2D eigenvalue weighted by Crippen LogP contribution is 2.29. The molecule has 0 saturated carbocycles. The average Bonchev–Trinajstić information content (AvgIpc) is 3.28. The summed E-state index contributed by atoms with van der Waals surface area (Å²) in [7, 11) is 0. The highest BCUT2D eigenvalue weighted by molar-refractivity contribution is 5.96. The molecule has 0 spiro atoms. The van der Waals surface area contributed by atoms with Crippen molar-refractivity contribution < 1.29 is 47.6 Å². The molecule has 5 aromatic rings. The SMILES string of the molecule is CCCCCCCCOc1ccc(OC(=O)c2ccc(C(=O)Oc3cccc(OC(=O)c4ccc(C(=O)Oc5ccc(OCCCCCCCC)cc5)cc4)c3C)cc2)cc1. The Morgan fingerprint density at radius 2 is 0.656 bits per heavy atom.